The van der Waals surface area contributed by atoms with Crippen molar-refractivity contribution in [3.63, 3.8) is 0 Å². The monoisotopic (exact) mass is 483 g/mol. The minimum atomic E-state index is -0.313. The van der Waals surface area contributed by atoms with E-state index in [1.165, 1.54) is 5.56 Å². The largest absolute Gasteiger partial charge is 0.332 e. The van der Waals surface area contributed by atoms with Crippen molar-refractivity contribution in [1.29, 1.82) is 0 Å². The number of rotatable bonds is 9. The summed E-state index contributed by atoms with van der Waals surface area (Å²) in [4.78, 5) is 31.2. The molecule has 0 aliphatic carbocycles. The second-order valence-electron chi connectivity index (χ2n) is 8.09. The van der Waals surface area contributed by atoms with Gasteiger partial charge in [0.1, 0.15) is 6.54 Å². The lowest BCUT2D eigenvalue weighted by atomic mass is 10.2. The van der Waals surface area contributed by atoms with Crippen LogP contribution in [-0.2, 0) is 17.9 Å². The lowest BCUT2D eigenvalue weighted by molar-refractivity contribution is -0.133. The van der Waals surface area contributed by atoms with Crippen LogP contribution < -0.4 is 5.32 Å². The molecule has 1 heterocycles. The summed E-state index contributed by atoms with van der Waals surface area (Å²) in [7, 11) is 0. The molecule has 0 spiro atoms. The molecule has 0 aliphatic heterocycles. The van der Waals surface area contributed by atoms with Gasteiger partial charge in [-0.25, -0.2) is 4.79 Å². The fourth-order valence-corrected chi connectivity index (χ4v) is 4.54. The van der Waals surface area contributed by atoms with Crippen LogP contribution >= 0.6 is 22.9 Å². The summed E-state index contributed by atoms with van der Waals surface area (Å²) in [5.41, 5.74) is 2.82. The van der Waals surface area contributed by atoms with Crippen LogP contribution in [-0.4, -0.2) is 34.3 Å². The summed E-state index contributed by atoms with van der Waals surface area (Å²) in [6.45, 7) is 7.02. The summed E-state index contributed by atoms with van der Waals surface area (Å²) >= 11 is 7.70. The molecule has 5 nitrogen and oxygen atoms in total. The predicted molar refractivity (Wildman–Crippen MR) is 137 cm³/mol. The summed E-state index contributed by atoms with van der Waals surface area (Å²) < 4.78 is 0. The zero-order valence-corrected chi connectivity index (χ0v) is 20.8. The van der Waals surface area contributed by atoms with E-state index in [-0.39, 0.29) is 24.5 Å². The Morgan fingerprint density at radius 2 is 1.82 bits per heavy atom. The number of aryl methyl sites for hydroxylation is 1. The topological polar surface area (TPSA) is 52.7 Å². The molecule has 174 valence electrons. The van der Waals surface area contributed by atoms with Gasteiger partial charge in [-0.15, -0.1) is 11.3 Å². The number of anilines is 1. The molecule has 0 saturated carbocycles. The van der Waals surface area contributed by atoms with Crippen LogP contribution in [0.2, 0.25) is 5.02 Å². The Morgan fingerprint density at radius 3 is 2.45 bits per heavy atom. The van der Waals surface area contributed by atoms with E-state index in [0.717, 1.165) is 16.9 Å². The Hall–Kier alpha value is -2.83. The Labute approximate surface area is 205 Å². The number of nitrogens with one attached hydrogen (secondary N) is 1. The van der Waals surface area contributed by atoms with Gasteiger partial charge < -0.3 is 15.1 Å². The minimum Gasteiger partial charge on any atom is -0.332 e. The van der Waals surface area contributed by atoms with Crippen LogP contribution in [0, 0.1) is 6.92 Å². The lowest BCUT2D eigenvalue weighted by Crippen LogP contribution is -2.47. The van der Waals surface area contributed by atoms with Gasteiger partial charge in [0.25, 0.3) is 0 Å². The fourth-order valence-electron chi connectivity index (χ4n) is 3.43. The highest BCUT2D eigenvalue weighted by Gasteiger charge is 2.25. The molecule has 0 aliphatic rings. The van der Waals surface area contributed by atoms with E-state index in [4.69, 9.17) is 11.6 Å². The quantitative estimate of drug-likeness (QED) is 0.374. The maximum absolute atomic E-state index is 13.5. The zero-order chi connectivity index (χ0) is 23.8. The van der Waals surface area contributed by atoms with Gasteiger partial charge >= 0.3 is 6.03 Å². The third-order valence-corrected chi connectivity index (χ3v) is 6.88. The molecule has 0 saturated heterocycles. The average Bonchev–Trinajstić information content (AvgIpc) is 3.21. The van der Waals surface area contributed by atoms with Crippen LogP contribution in [0.25, 0.3) is 0 Å². The SMILES string of the molecule is CCC(C)N(CC(=O)N(Cc1ccccc1)Cc1sccc1C)C(=O)Nc1cccc(Cl)c1. The van der Waals surface area contributed by atoms with Crippen LogP contribution in [0.5, 0.6) is 0 Å². The predicted octanol–water partition coefficient (Wildman–Crippen LogP) is 6.57. The highest BCUT2D eigenvalue weighted by molar-refractivity contribution is 7.10. The first-order valence-corrected chi connectivity index (χ1v) is 12.3. The van der Waals surface area contributed by atoms with Gasteiger partial charge in [-0.1, -0.05) is 54.9 Å². The third kappa shape index (κ3) is 7.07. The van der Waals surface area contributed by atoms with Gasteiger partial charge in [0.2, 0.25) is 5.91 Å². The van der Waals surface area contributed by atoms with Crippen molar-refractivity contribution in [1.82, 2.24) is 9.80 Å². The number of thiophene rings is 1. The first kappa shape index (κ1) is 24.8. The fraction of sp³-hybridized carbons (Fsp3) is 0.308. The second-order valence-corrected chi connectivity index (χ2v) is 9.52. The van der Waals surface area contributed by atoms with Crippen molar-refractivity contribution in [3.05, 3.63) is 87.1 Å². The summed E-state index contributed by atoms with van der Waals surface area (Å²) in [6.07, 6.45) is 0.735. The van der Waals surface area contributed by atoms with Crippen molar-refractivity contribution >= 4 is 40.6 Å². The van der Waals surface area contributed by atoms with Crippen LogP contribution in [0.15, 0.2) is 66.0 Å². The van der Waals surface area contributed by atoms with E-state index in [0.29, 0.717) is 23.8 Å². The van der Waals surface area contributed by atoms with Gasteiger partial charge in [-0.05, 0) is 61.0 Å². The average molecular weight is 484 g/mol. The Bertz CT molecular complexity index is 1070. The molecule has 3 aromatic rings. The van der Waals surface area contributed by atoms with E-state index >= 15 is 0 Å². The van der Waals surface area contributed by atoms with E-state index in [9.17, 15) is 9.59 Å². The first-order valence-electron chi connectivity index (χ1n) is 11.0. The number of carbonyl (C=O) groups excluding carboxylic acids is 2. The molecule has 1 atom stereocenters. The first-order chi connectivity index (χ1) is 15.9. The van der Waals surface area contributed by atoms with Crippen molar-refractivity contribution in [2.24, 2.45) is 0 Å². The molecule has 0 radical (unpaired) electrons. The van der Waals surface area contributed by atoms with Gasteiger partial charge in [-0.3, -0.25) is 4.79 Å². The van der Waals surface area contributed by atoms with E-state index < -0.39 is 0 Å². The number of halogens is 1. The zero-order valence-electron chi connectivity index (χ0n) is 19.3. The van der Waals surface area contributed by atoms with Crippen molar-refractivity contribution in [2.75, 3.05) is 11.9 Å². The maximum atomic E-state index is 13.5. The molecular weight excluding hydrogens is 454 g/mol. The number of amides is 3. The molecule has 2 aromatic carbocycles. The highest BCUT2D eigenvalue weighted by Crippen LogP contribution is 2.21. The standard InChI is InChI=1S/C26H30ClN3O2S/c1-4-20(3)30(26(32)28-23-12-8-11-22(27)15-23)18-25(31)29(16-21-9-6-5-7-10-21)17-24-19(2)13-14-33-24/h5-15,20H,4,16-18H2,1-3H3,(H,28,32). The number of hydrogen-bond donors (Lipinski definition) is 1. The number of hydrogen-bond acceptors (Lipinski definition) is 3. The van der Waals surface area contributed by atoms with E-state index in [1.54, 1.807) is 40.5 Å². The Morgan fingerprint density at radius 1 is 1.06 bits per heavy atom. The molecular formula is C26H30ClN3O2S. The molecule has 1 N–H and O–H groups in total. The van der Waals surface area contributed by atoms with Crippen molar-refractivity contribution < 1.29 is 9.59 Å². The third-order valence-electron chi connectivity index (χ3n) is 5.64. The van der Waals surface area contributed by atoms with Crippen LogP contribution in [0.3, 0.4) is 0 Å². The Kier molecular flexibility index (Phi) is 8.92. The van der Waals surface area contributed by atoms with Crippen LogP contribution in [0.1, 0.15) is 36.3 Å². The molecule has 0 fully saturated rings. The molecule has 1 unspecified atom stereocenters. The summed E-state index contributed by atoms with van der Waals surface area (Å²) in [5.74, 6) is -0.0896. The minimum absolute atomic E-state index is 0.00133. The molecule has 3 rings (SSSR count). The van der Waals surface area contributed by atoms with Gasteiger partial charge in [-0.2, -0.15) is 0 Å². The van der Waals surface area contributed by atoms with Crippen LogP contribution in [0.4, 0.5) is 10.5 Å². The highest BCUT2D eigenvalue weighted by atomic mass is 35.5. The molecule has 33 heavy (non-hydrogen) atoms. The number of carbonyl (C=O) groups is 2. The molecule has 1 aromatic heterocycles. The normalized spacial score (nSPS) is 11.6. The summed E-state index contributed by atoms with van der Waals surface area (Å²) in [5, 5.41) is 5.46. The number of nitrogens with zero attached hydrogens (tertiary/aromatic N) is 2. The Balaban J connectivity index is 1.79. The van der Waals surface area contributed by atoms with Crippen molar-refractivity contribution in [2.45, 2.75) is 46.3 Å². The smallest absolute Gasteiger partial charge is 0.322 e. The molecule has 7 heteroatoms. The number of benzene rings is 2. The lowest BCUT2D eigenvalue weighted by Gasteiger charge is -2.31. The summed E-state index contributed by atoms with van der Waals surface area (Å²) in [6, 6.07) is 18.6. The second kappa shape index (κ2) is 11.9. The molecule has 0 bridgehead atoms. The van der Waals surface area contributed by atoms with Gasteiger partial charge in [0, 0.05) is 28.2 Å². The number of urea groups is 1. The van der Waals surface area contributed by atoms with Gasteiger partial charge in [0.05, 0.1) is 6.54 Å². The maximum Gasteiger partial charge on any atom is 0.322 e. The van der Waals surface area contributed by atoms with Gasteiger partial charge in [0.15, 0.2) is 0 Å². The van der Waals surface area contributed by atoms with E-state index in [2.05, 4.69) is 18.3 Å². The van der Waals surface area contributed by atoms with E-state index in [1.807, 2.05) is 54.5 Å². The van der Waals surface area contributed by atoms with Crippen molar-refractivity contribution in [3.8, 4) is 0 Å². The molecule has 3 amide bonds.